The van der Waals surface area contributed by atoms with Crippen molar-refractivity contribution in [2.24, 2.45) is 0 Å². The zero-order valence-electron chi connectivity index (χ0n) is 12.7. The highest BCUT2D eigenvalue weighted by Gasteiger charge is 2.17. The minimum Gasteiger partial charge on any atom is -0.480 e. The molecule has 3 rings (SSSR count). The molecular formula is C15H13ClN4O3. The first kappa shape index (κ1) is 15.2. The number of rotatable bonds is 3. The number of pyridine rings is 1. The minimum absolute atomic E-state index is 0.253. The second-order valence-corrected chi connectivity index (χ2v) is 5.26. The highest BCUT2D eigenvalue weighted by atomic mass is 35.5. The molecule has 0 saturated heterocycles. The van der Waals surface area contributed by atoms with E-state index in [1.54, 1.807) is 0 Å². The Hall–Kier alpha value is -2.67. The van der Waals surface area contributed by atoms with Gasteiger partial charge in [0.1, 0.15) is 22.9 Å². The van der Waals surface area contributed by atoms with Crippen LogP contribution in [0.2, 0.25) is 5.02 Å². The number of halogens is 1. The van der Waals surface area contributed by atoms with E-state index in [1.165, 1.54) is 25.7 Å². The minimum atomic E-state index is -0.389. The van der Waals surface area contributed by atoms with Crippen LogP contribution in [-0.2, 0) is 0 Å². The highest BCUT2D eigenvalue weighted by Crippen LogP contribution is 2.28. The first-order valence-electron chi connectivity index (χ1n) is 6.73. The van der Waals surface area contributed by atoms with Crippen LogP contribution in [0.5, 0.6) is 5.88 Å². The van der Waals surface area contributed by atoms with Crippen molar-refractivity contribution in [1.29, 1.82) is 0 Å². The molecule has 0 bridgehead atoms. The molecule has 118 valence electrons. The molecule has 0 aliphatic rings. The normalized spacial score (nSPS) is 10.8. The number of carbonyl (C=O) groups is 1. The number of amides is 1. The van der Waals surface area contributed by atoms with Crippen LogP contribution >= 0.6 is 11.6 Å². The van der Waals surface area contributed by atoms with E-state index in [-0.39, 0.29) is 16.8 Å². The standard InChI is InChI=1S/C15H13ClN4O3/c1-7-8(2)23-15-11(7)12(18-6-19-15)20-13(21)9-4-10(16)14(22-3)17-5-9/h4-6H,1-3H3,(H,18,19,20,21). The Morgan fingerprint density at radius 3 is 2.78 bits per heavy atom. The molecule has 0 atom stereocenters. The molecule has 0 aromatic carbocycles. The molecule has 0 aliphatic heterocycles. The number of methoxy groups -OCH3 is 1. The summed E-state index contributed by atoms with van der Waals surface area (Å²) >= 11 is 5.99. The molecule has 8 heteroatoms. The summed E-state index contributed by atoms with van der Waals surface area (Å²) in [6, 6.07) is 1.48. The maximum atomic E-state index is 12.4. The van der Waals surface area contributed by atoms with Crippen LogP contribution in [0.15, 0.2) is 23.0 Å². The second-order valence-electron chi connectivity index (χ2n) is 4.85. The van der Waals surface area contributed by atoms with Crippen molar-refractivity contribution in [2.75, 3.05) is 12.4 Å². The lowest BCUT2D eigenvalue weighted by Crippen LogP contribution is -2.14. The van der Waals surface area contributed by atoms with Crippen LogP contribution < -0.4 is 10.1 Å². The lowest BCUT2D eigenvalue weighted by Gasteiger charge is -2.07. The highest BCUT2D eigenvalue weighted by molar-refractivity contribution is 6.32. The zero-order chi connectivity index (χ0) is 16.6. The number of carbonyl (C=O) groups excluding carboxylic acids is 1. The van der Waals surface area contributed by atoms with E-state index in [4.69, 9.17) is 20.8 Å². The van der Waals surface area contributed by atoms with Gasteiger partial charge in [-0.1, -0.05) is 11.6 Å². The van der Waals surface area contributed by atoms with Gasteiger partial charge >= 0.3 is 0 Å². The van der Waals surface area contributed by atoms with Gasteiger partial charge in [0, 0.05) is 11.8 Å². The number of hydrogen-bond donors (Lipinski definition) is 1. The van der Waals surface area contributed by atoms with Crippen molar-refractivity contribution in [1.82, 2.24) is 15.0 Å². The SMILES string of the molecule is COc1ncc(C(=O)Nc2ncnc3oc(C)c(C)c23)cc1Cl. The molecule has 0 saturated carbocycles. The summed E-state index contributed by atoms with van der Waals surface area (Å²) in [6.07, 6.45) is 2.71. The summed E-state index contributed by atoms with van der Waals surface area (Å²) in [6.45, 7) is 3.71. The number of ether oxygens (including phenoxy) is 1. The molecule has 3 aromatic rings. The van der Waals surface area contributed by atoms with Gasteiger partial charge in [-0.05, 0) is 19.9 Å². The summed E-state index contributed by atoms with van der Waals surface area (Å²) in [7, 11) is 1.45. The van der Waals surface area contributed by atoms with E-state index in [1.807, 2.05) is 13.8 Å². The van der Waals surface area contributed by atoms with Crippen molar-refractivity contribution in [3.8, 4) is 5.88 Å². The van der Waals surface area contributed by atoms with Gasteiger partial charge in [0.05, 0.1) is 18.1 Å². The quantitative estimate of drug-likeness (QED) is 0.792. The van der Waals surface area contributed by atoms with Crippen molar-refractivity contribution >= 4 is 34.4 Å². The molecule has 3 aromatic heterocycles. The van der Waals surface area contributed by atoms with E-state index in [0.717, 1.165) is 11.3 Å². The Balaban J connectivity index is 1.96. The number of furan rings is 1. The fourth-order valence-electron chi connectivity index (χ4n) is 2.16. The van der Waals surface area contributed by atoms with Gasteiger partial charge in [0.15, 0.2) is 0 Å². The molecule has 3 heterocycles. The average Bonchev–Trinajstić information content (AvgIpc) is 2.83. The summed E-state index contributed by atoms with van der Waals surface area (Å²) in [4.78, 5) is 24.5. The molecular weight excluding hydrogens is 320 g/mol. The Labute approximate surface area is 136 Å². The van der Waals surface area contributed by atoms with E-state index in [2.05, 4.69) is 20.3 Å². The molecule has 0 spiro atoms. The maximum absolute atomic E-state index is 12.4. The van der Waals surface area contributed by atoms with E-state index >= 15 is 0 Å². The van der Waals surface area contributed by atoms with Gasteiger partial charge in [-0.3, -0.25) is 4.79 Å². The number of fused-ring (bicyclic) bond motifs is 1. The van der Waals surface area contributed by atoms with Crippen LogP contribution in [0.1, 0.15) is 21.7 Å². The van der Waals surface area contributed by atoms with Crippen LogP contribution in [0.3, 0.4) is 0 Å². The van der Waals surface area contributed by atoms with Crippen molar-refractivity contribution < 1.29 is 13.9 Å². The van der Waals surface area contributed by atoms with Gasteiger partial charge < -0.3 is 14.5 Å². The van der Waals surface area contributed by atoms with Gasteiger partial charge in [0.2, 0.25) is 11.6 Å². The summed E-state index contributed by atoms with van der Waals surface area (Å²) in [5.74, 6) is 0.973. The van der Waals surface area contributed by atoms with Crippen molar-refractivity contribution in [2.45, 2.75) is 13.8 Å². The largest absolute Gasteiger partial charge is 0.480 e. The lowest BCUT2D eigenvalue weighted by molar-refractivity contribution is 0.102. The third kappa shape index (κ3) is 2.70. The summed E-state index contributed by atoms with van der Waals surface area (Å²) < 4.78 is 10.5. The van der Waals surface area contributed by atoms with Gasteiger partial charge in [-0.25, -0.2) is 15.0 Å². The average molecular weight is 333 g/mol. The number of aryl methyl sites for hydroxylation is 2. The third-order valence-corrected chi connectivity index (χ3v) is 3.73. The topological polar surface area (TPSA) is 90.1 Å². The van der Waals surface area contributed by atoms with E-state index in [9.17, 15) is 4.79 Å². The first-order valence-corrected chi connectivity index (χ1v) is 7.10. The second kappa shape index (κ2) is 5.85. The molecule has 23 heavy (non-hydrogen) atoms. The summed E-state index contributed by atoms with van der Waals surface area (Å²) in [5.41, 5.74) is 1.60. The fourth-order valence-corrected chi connectivity index (χ4v) is 2.40. The van der Waals surface area contributed by atoms with Crippen molar-refractivity contribution in [3.63, 3.8) is 0 Å². The molecule has 0 aliphatic carbocycles. The van der Waals surface area contributed by atoms with Crippen LogP contribution in [0.25, 0.3) is 11.1 Å². The van der Waals surface area contributed by atoms with Gasteiger partial charge in [0.25, 0.3) is 5.91 Å². The number of nitrogens with one attached hydrogen (secondary N) is 1. The van der Waals surface area contributed by atoms with Crippen LogP contribution in [-0.4, -0.2) is 28.0 Å². The fraction of sp³-hybridized carbons (Fsp3) is 0.200. The zero-order valence-corrected chi connectivity index (χ0v) is 13.4. The lowest BCUT2D eigenvalue weighted by atomic mass is 10.2. The maximum Gasteiger partial charge on any atom is 0.258 e. The first-order chi connectivity index (χ1) is 11.0. The van der Waals surface area contributed by atoms with E-state index in [0.29, 0.717) is 22.5 Å². The number of anilines is 1. The predicted molar refractivity (Wildman–Crippen MR) is 85.0 cm³/mol. The Kier molecular flexibility index (Phi) is 3.87. The van der Waals surface area contributed by atoms with E-state index < -0.39 is 0 Å². The van der Waals surface area contributed by atoms with Gasteiger partial charge in [-0.2, -0.15) is 0 Å². The molecule has 7 nitrogen and oxygen atoms in total. The third-order valence-electron chi connectivity index (χ3n) is 3.46. The molecule has 0 radical (unpaired) electrons. The summed E-state index contributed by atoms with van der Waals surface area (Å²) in [5, 5.41) is 3.66. The van der Waals surface area contributed by atoms with Gasteiger partial charge in [-0.15, -0.1) is 0 Å². The molecule has 1 amide bonds. The van der Waals surface area contributed by atoms with Crippen LogP contribution in [0.4, 0.5) is 5.82 Å². The Bertz CT molecular complexity index is 907. The smallest absolute Gasteiger partial charge is 0.258 e. The van der Waals surface area contributed by atoms with Crippen molar-refractivity contribution in [3.05, 3.63) is 40.5 Å². The molecule has 0 fully saturated rings. The monoisotopic (exact) mass is 332 g/mol. The number of nitrogens with zero attached hydrogens (tertiary/aromatic N) is 3. The molecule has 0 unspecified atom stereocenters. The number of aromatic nitrogens is 3. The number of hydrogen-bond acceptors (Lipinski definition) is 6. The Morgan fingerprint density at radius 2 is 2.09 bits per heavy atom. The van der Waals surface area contributed by atoms with Crippen LogP contribution in [0, 0.1) is 13.8 Å². The Morgan fingerprint density at radius 1 is 1.30 bits per heavy atom. The predicted octanol–water partition coefficient (Wildman–Crippen LogP) is 3.15. The molecule has 1 N–H and O–H groups in total.